The fraction of sp³-hybridized carbons (Fsp3) is 0.885. The van der Waals surface area contributed by atoms with Gasteiger partial charge in [0.2, 0.25) is 6.29 Å². The topological polar surface area (TPSA) is 662 Å². The lowest BCUT2D eigenvalue weighted by Crippen LogP contribution is -2.68. The number of allylic oxidation sites excluding steroid dienone is 3. The van der Waals surface area contributed by atoms with Crippen molar-refractivity contribution in [3.05, 3.63) is 48.6 Å². The number of fused-ring (bicyclic) bond motifs is 7. The molecule has 139 heavy (non-hydrogen) atoms. The Balaban J connectivity index is 0.756. The second kappa shape index (κ2) is 44.0. The summed E-state index contributed by atoms with van der Waals surface area (Å²) < 4.78 is 111. The average Bonchev–Trinajstić information content (AvgIpc) is 0.758. The summed E-state index contributed by atoms with van der Waals surface area (Å²) in [5.41, 5.74) is -6.27. The molecular weight excluding hydrogens is 1840 g/mol. The molecule has 5 aliphatic carbocycles. The number of esters is 3. The summed E-state index contributed by atoms with van der Waals surface area (Å²) >= 11 is 0. The maximum absolute atomic E-state index is 16.8. The first-order valence-corrected chi connectivity index (χ1v) is 48.9. The van der Waals surface area contributed by atoms with Crippen LogP contribution in [-0.4, -0.2) is 420 Å². The van der Waals surface area contributed by atoms with Crippen LogP contribution in [0.25, 0.3) is 0 Å². The molecule has 8 saturated heterocycles. The van der Waals surface area contributed by atoms with Crippen molar-refractivity contribution in [2.45, 2.75) is 444 Å². The Morgan fingerprint density at radius 2 is 1.01 bits per heavy atom. The Bertz CT molecular complexity index is 4200. The lowest BCUT2D eigenvalue weighted by atomic mass is 9.33. The zero-order valence-corrected chi connectivity index (χ0v) is 81.5. The van der Waals surface area contributed by atoms with E-state index < -0.39 is 352 Å². The van der Waals surface area contributed by atoms with Gasteiger partial charge in [0.05, 0.1) is 80.0 Å². The highest BCUT2D eigenvalue weighted by Crippen LogP contribution is 2.76. The molecule has 22 N–H and O–H groups in total. The van der Waals surface area contributed by atoms with E-state index in [1.54, 1.807) is 33.8 Å². The molecule has 8 aliphatic heterocycles. The van der Waals surface area contributed by atoms with Crippen LogP contribution in [0.4, 0.5) is 0 Å². The van der Waals surface area contributed by atoms with Crippen molar-refractivity contribution in [2.75, 3.05) is 33.0 Å². The molecule has 0 spiro atoms. The normalized spacial score (nSPS) is 48.8. The molecule has 43 heteroatoms. The third-order valence-electron chi connectivity index (χ3n) is 33.7. The zero-order chi connectivity index (χ0) is 102. The highest BCUT2D eigenvalue weighted by atomic mass is 16.8. The van der Waals surface area contributed by atoms with Gasteiger partial charge in [0.15, 0.2) is 56.2 Å². The van der Waals surface area contributed by atoms with Crippen molar-refractivity contribution in [2.24, 2.45) is 56.2 Å². The minimum atomic E-state index is -2.22. The Morgan fingerprint density at radius 3 is 1.63 bits per heavy atom. The Morgan fingerprint density at radius 1 is 0.496 bits per heavy atom. The van der Waals surface area contributed by atoms with Gasteiger partial charge in [0.1, 0.15) is 159 Å². The molecule has 0 bridgehead atoms. The third-order valence-corrected chi connectivity index (χ3v) is 33.7. The molecule has 796 valence electrons. The smallest absolute Gasteiger partial charge is 0.333 e. The number of carbonyl (C=O) groups is 3. The van der Waals surface area contributed by atoms with Crippen LogP contribution >= 0.6 is 0 Å². The average molecular weight is 2000 g/mol. The van der Waals surface area contributed by atoms with Gasteiger partial charge in [-0.1, -0.05) is 85.3 Å². The van der Waals surface area contributed by atoms with Crippen molar-refractivity contribution < 1.29 is 212 Å². The number of aliphatic hydroxyl groups is 22. The fourth-order valence-corrected chi connectivity index (χ4v) is 24.3. The monoisotopic (exact) mass is 1990 g/mol. The Hall–Kier alpha value is -4.11. The van der Waals surface area contributed by atoms with E-state index in [1.807, 2.05) is 13.8 Å². The van der Waals surface area contributed by atoms with Gasteiger partial charge in [-0.05, 0) is 164 Å². The van der Waals surface area contributed by atoms with Crippen molar-refractivity contribution >= 4 is 17.9 Å². The number of hydrogen-bond donors (Lipinski definition) is 22. The van der Waals surface area contributed by atoms with E-state index in [2.05, 4.69) is 53.9 Å². The molecule has 50 atom stereocenters. The quantitative estimate of drug-likeness (QED) is 0.0103. The number of hydrogen-bond acceptors (Lipinski definition) is 43. The van der Waals surface area contributed by atoms with E-state index in [-0.39, 0.29) is 62.4 Å². The van der Waals surface area contributed by atoms with E-state index >= 15 is 9.59 Å². The predicted molar refractivity (Wildman–Crippen MR) is 474 cm³/mol. The van der Waals surface area contributed by atoms with Crippen LogP contribution < -0.4 is 0 Å². The Kier molecular flexibility index (Phi) is 35.5. The molecule has 12 fully saturated rings. The summed E-state index contributed by atoms with van der Waals surface area (Å²) in [5.74, 6) is -4.02. The van der Waals surface area contributed by atoms with Gasteiger partial charge in [-0.25, -0.2) is 4.79 Å². The number of ether oxygens (including phenoxy) is 18. The van der Waals surface area contributed by atoms with Gasteiger partial charge in [-0.2, -0.15) is 0 Å². The van der Waals surface area contributed by atoms with Crippen molar-refractivity contribution in [1.29, 1.82) is 0 Å². The van der Waals surface area contributed by atoms with Gasteiger partial charge in [0.25, 0.3) is 0 Å². The molecule has 8 heterocycles. The van der Waals surface area contributed by atoms with Crippen molar-refractivity contribution in [3.8, 4) is 0 Å². The minimum absolute atomic E-state index is 0.0468. The number of carbonyl (C=O) groups excluding carboxylic acids is 3. The van der Waals surface area contributed by atoms with Gasteiger partial charge in [-0.15, -0.1) is 13.2 Å². The Labute approximate surface area is 808 Å². The van der Waals surface area contributed by atoms with Crippen LogP contribution in [0.3, 0.4) is 0 Å². The second-order valence-corrected chi connectivity index (χ2v) is 43.7. The highest BCUT2D eigenvalue weighted by Gasteiger charge is 2.72. The highest BCUT2D eigenvalue weighted by molar-refractivity contribution is 5.88. The number of rotatable bonds is 33. The van der Waals surface area contributed by atoms with Crippen LogP contribution in [0.15, 0.2) is 48.6 Å². The SMILES string of the molecule is C=C[C@](C)(O)CC/C=C(\C)C(=O)O[C@H]1[C@H](O)[C@@H](O)[C@H](O[C@](C)(C=C)CCCC(C)C(=O)O[C@H]2C[C@]3(C(=O)O[C@@H]4O[C@H](CO)[C@@H](O)[C@H](O)[C@H]4O[C@@H]4O[C@@H](C)[C@H](O[C@@H]5O[C@@H](CO)[C@H](O)[C@H]5O)[C@@H](O[C@@H]5O[C@H](CO)[C@@H](O)[C@H](O)[C@H]5O)[C@H]4O)CC[C@]4(C)C(=CC[C@@H]5[C@@]6(C)CC[C@H](O[C@@H]7O[C@H](CO[C@@H]8O[C@H](C)[C@H](O)[C@H](O)[C@H]8O[C@@H]8OC[C@@H](O)[C@H](O)[C@H]8O)[C@@H](O)[C@H](O)[C@H]7O)C(C)(C)[C@@H]6CC[C@]54C)[C@@H]3CC2(C)C)O[C@@H]1C. The zero-order valence-electron chi connectivity index (χ0n) is 81.5. The van der Waals surface area contributed by atoms with Crippen LogP contribution in [0.1, 0.15) is 187 Å². The van der Waals surface area contributed by atoms with Crippen LogP contribution in [0, 0.1) is 56.2 Å². The molecule has 0 aromatic heterocycles. The molecular formula is C96H154O43. The summed E-state index contributed by atoms with van der Waals surface area (Å²) in [6.45, 7) is 29.6. The van der Waals surface area contributed by atoms with E-state index in [4.69, 9.17) is 85.3 Å². The van der Waals surface area contributed by atoms with Gasteiger partial charge in [-0.3, -0.25) is 9.59 Å². The molecule has 0 radical (unpaired) electrons. The van der Waals surface area contributed by atoms with Gasteiger partial charge >= 0.3 is 17.9 Å². The summed E-state index contributed by atoms with van der Waals surface area (Å²) in [5, 5.41) is 244. The van der Waals surface area contributed by atoms with E-state index in [1.165, 1.54) is 32.9 Å². The van der Waals surface area contributed by atoms with Crippen molar-refractivity contribution in [3.63, 3.8) is 0 Å². The minimum Gasteiger partial charge on any atom is -0.462 e. The summed E-state index contributed by atoms with van der Waals surface area (Å²) in [4.78, 5) is 45.1. The molecule has 1 unspecified atom stereocenters. The third kappa shape index (κ3) is 21.9. The van der Waals surface area contributed by atoms with E-state index in [9.17, 15) is 117 Å². The van der Waals surface area contributed by atoms with Crippen LogP contribution in [0.2, 0.25) is 0 Å². The fourth-order valence-electron chi connectivity index (χ4n) is 24.3. The molecule has 4 saturated carbocycles. The molecule has 13 rings (SSSR count). The number of aliphatic hydroxyl groups excluding tert-OH is 21. The summed E-state index contributed by atoms with van der Waals surface area (Å²) in [6, 6.07) is 0. The molecule has 13 aliphatic rings. The lowest BCUT2D eigenvalue weighted by molar-refractivity contribution is -0.390. The molecule has 0 aromatic carbocycles. The van der Waals surface area contributed by atoms with E-state index in [0.29, 0.717) is 44.9 Å². The predicted octanol–water partition coefficient (Wildman–Crippen LogP) is -2.90. The summed E-state index contributed by atoms with van der Waals surface area (Å²) in [6.07, 6.45) is -55.7. The maximum Gasteiger partial charge on any atom is 0.333 e. The summed E-state index contributed by atoms with van der Waals surface area (Å²) in [7, 11) is 0. The van der Waals surface area contributed by atoms with Gasteiger partial charge < -0.3 is 198 Å². The molecule has 0 amide bonds. The van der Waals surface area contributed by atoms with E-state index in [0.717, 1.165) is 5.57 Å². The first kappa shape index (κ1) is 112. The van der Waals surface area contributed by atoms with Crippen molar-refractivity contribution in [1.82, 2.24) is 0 Å². The first-order chi connectivity index (χ1) is 65.1. The first-order valence-electron chi connectivity index (χ1n) is 48.9. The largest absolute Gasteiger partial charge is 0.462 e. The molecule has 43 nitrogen and oxygen atoms in total. The molecule has 0 aromatic rings. The van der Waals surface area contributed by atoms with Crippen LogP contribution in [-0.2, 0) is 99.6 Å². The van der Waals surface area contributed by atoms with Gasteiger partial charge in [0, 0.05) is 17.4 Å². The van der Waals surface area contributed by atoms with Crippen LogP contribution in [0.5, 0.6) is 0 Å². The second-order valence-electron chi connectivity index (χ2n) is 43.7. The lowest BCUT2D eigenvalue weighted by Gasteiger charge is -2.71. The standard InChI is InChI=1S/C96H154O43/c1-17-91(12,121)27-19-21-41(4)79(119)133-73-43(6)126-85(71(116)66(73)111)139-92(13,18-2)28-20-22-40(3)78(118)131-55-34-96(88(120)138-87-77(65(110)59(104)49(36-98)129-87)137-84-72(117)75(135-83-70(115)62(107)58(103)48(35-97)127-83)74(44(7)125-84)134-82-68(113)60(105)50(37-99)128-82)32-31-94(15)45(46(96)33-89(55,8)9)23-24-53-93(14)29-26-54(90(10,11)52(93)25-30-95(53,94)16)132-81-69(114)63(108)61(106)51(130-81)39-123-86-76(64(109)56(101)42(5)124-86)136-80-67(112)57(102)47(100)38-122-80/h17-18,21,23,40,42-44,46-77,80-87,97-117,121H,1-2,19-20,22,24-39H2,3-16H3/b41-21+/t40?,42-,43-,44+,46+,47-,48-,49-,50+,51-,52+,53-,54+,55+,56+,57+,58-,59-,60+,61-,62+,63+,64+,65+,66-,67-,68-,69-,70-,71-,72-,73-,74+,75+,76-,77-,80+,81+,82+,83+,84+,85+,86-,87+,91+,92-,93+,94-,95-,96-/m1/s1. The maximum atomic E-state index is 16.8.